The first-order valence-electron chi connectivity index (χ1n) is 10.4. The minimum absolute atomic E-state index is 0.00313. The number of halogens is 3. The van der Waals surface area contributed by atoms with Crippen LogP contribution in [0, 0.1) is 6.92 Å². The highest BCUT2D eigenvalue weighted by Gasteiger charge is 2.32. The van der Waals surface area contributed by atoms with Crippen LogP contribution >= 0.6 is 0 Å². The first kappa shape index (κ1) is 23.7. The highest BCUT2D eigenvalue weighted by Crippen LogP contribution is 2.35. The second-order valence-corrected chi connectivity index (χ2v) is 10.0. The molecule has 3 aromatic rings. The molecule has 1 aliphatic heterocycles. The van der Waals surface area contributed by atoms with E-state index in [1.54, 1.807) is 13.0 Å². The van der Waals surface area contributed by atoms with E-state index in [2.05, 4.69) is 15.3 Å². The number of hydrogen-bond acceptors (Lipinski definition) is 6. The Bertz CT molecular complexity index is 1360. The summed E-state index contributed by atoms with van der Waals surface area (Å²) in [6, 6.07) is 5.90. The van der Waals surface area contributed by atoms with E-state index < -0.39 is 39.1 Å². The number of carbonyl (C=O) groups excluding carboxylic acids is 1. The smallest absolute Gasteiger partial charge is 0.416 e. The minimum atomic E-state index is -4.47. The van der Waals surface area contributed by atoms with Crippen LogP contribution < -0.4 is 9.62 Å². The molecular formula is C22H21F3N4O4S. The van der Waals surface area contributed by atoms with Gasteiger partial charge in [0.05, 0.1) is 11.3 Å². The van der Waals surface area contributed by atoms with Gasteiger partial charge in [-0.05, 0) is 49.1 Å². The summed E-state index contributed by atoms with van der Waals surface area (Å²) >= 11 is 0. The number of aromatic nitrogens is 2. The van der Waals surface area contributed by atoms with Crippen LogP contribution in [0.1, 0.15) is 40.0 Å². The van der Waals surface area contributed by atoms with Gasteiger partial charge in [-0.1, -0.05) is 12.1 Å². The molecule has 1 aliphatic rings. The second-order valence-electron chi connectivity index (χ2n) is 8.01. The lowest BCUT2D eigenvalue weighted by Crippen LogP contribution is -2.39. The average molecular weight is 494 g/mol. The molecule has 0 bridgehead atoms. The Labute approximate surface area is 193 Å². The van der Waals surface area contributed by atoms with Crippen molar-refractivity contribution in [3.63, 3.8) is 0 Å². The fraction of sp³-hybridized carbons (Fsp3) is 0.318. The van der Waals surface area contributed by atoms with E-state index in [0.29, 0.717) is 29.4 Å². The second kappa shape index (κ2) is 8.75. The Morgan fingerprint density at radius 1 is 1.21 bits per heavy atom. The molecule has 12 heteroatoms. The van der Waals surface area contributed by atoms with Gasteiger partial charge in [-0.25, -0.2) is 13.4 Å². The molecule has 0 spiro atoms. The predicted octanol–water partition coefficient (Wildman–Crippen LogP) is 3.52. The van der Waals surface area contributed by atoms with Crippen LogP contribution in [-0.4, -0.2) is 41.7 Å². The number of benzene rings is 1. The van der Waals surface area contributed by atoms with Crippen molar-refractivity contribution in [2.75, 3.05) is 16.6 Å². The van der Waals surface area contributed by atoms with Crippen molar-refractivity contribution in [2.45, 2.75) is 32.5 Å². The SMILES string of the molecule is Cc1cnc2c(O)c(C(=O)NCc3ccc(C(F)(F)F)cc3)nc(N3CCCCS3(=O)=O)c2c1. The predicted molar refractivity (Wildman–Crippen MR) is 119 cm³/mol. The Morgan fingerprint density at radius 3 is 2.56 bits per heavy atom. The number of anilines is 1. The Morgan fingerprint density at radius 2 is 1.91 bits per heavy atom. The first-order chi connectivity index (χ1) is 16.0. The van der Waals surface area contributed by atoms with Crippen LogP contribution in [0.5, 0.6) is 5.75 Å². The normalized spacial score (nSPS) is 15.9. The van der Waals surface area contributed by atoms with E-state index in [-0.39, 0.29) is 30.2 Å². The van der Waals surface area contributed by atoms with Gasteiger partial charge in [0.25, 0.3) is 5.91 Å². The van der Waals surface area contributed by atoms with Crippen LogP contribution in [0.15, 0.2) is 36.5 Å². The highest BCUT2D eigenvalue weighted by molar-refractivity contribution is 7.92. The maximum Gasteiger partial charge on any atom is 0.416 e. The number of fused-ring (bicyclic) bond motifs is 1. The van der Waals surface area contributed by atoms with Crippen LogP contribution in [0.3, 0.4) is 0 Å². The van der Waals surface area contributed by atoms with Crippen molar-refractivity contribution in [1.82, 2.24) is 15.3 Å². The zero-order chi connectivity index (χ0) is 24.7. The molecule has 1 amide bonds. The minimum Gasteiger partial charge on any atom is -0.504 e. The monoisotopic (exact) mass is 494 g/mol. The van der Waals surface area contributed by atoms with E-state index in [1.165, 1.54) is 18.3 Å². The molecule has 0 radical (unpaired) electrons. The van der Waals surface area contributed by atoms with Crippen LogP contribution in [-0.2, 0) is 22.7 Å². The third kappa shape index (κ3) is 4.63. The third-order valence-corrected chi connectivity index (χ3v) is 7.30. The van der Waals surface area contributed by atoms with Gasteiger partial charge in [-0.2, -0.15) is 13.2 Å². The first-order valence-corrected chi connectivity index (χ1v) is 12.0. The zero-order valence-corrected chi connectivity index (χ0v) is 18.9. The number of aryl methyl sites for hydroxylation is 1. The van der Waals surface area contributed by atoms with Crippen LogP contribution in [0.4, 0.5) is 19.0 Å². The Kier molecular flexibility index (Phi) is 6.11. The van der Waals surface area contributed by atoms with Gasteiger partial charge in [-0.15, -0.1) is 0 Å². The van der Waals surface area contributed by atoms with E-state index in [4.69, 9.17) is 0 Å². The lowest BCUT2D eigenvalue weighted by Gasteiger charge is -2.28. The van der Waals surface area contributed by atoms with Gasteiger partial charge in [0.1, 0.15) is 5.52 Å². The third-order valence-electron chi connectivity index (χ3n) is 5.47. The molecule has 3 heterocycles. The van der Waals surface area contributed by atoms with Gasteiger partial charge in [0.2, 0.25) is 10.0 Å². The zero-order valence-electron chi connectivity index (χ0n) is 18.1. The van der Waals surface area contributed by atoms with E-state index in [1.807, 2.05) is 0 Å². The van der Waals surface area contributed by atoms with Crippen LogP contribution in [0.25, 0.3) is 10.9 Å². The fourth-order valence-electron chi connectivity index (χ4n) is 3.71. The Balaban J connectivity index is 1.69. The molecule has 2 N–H and O–H groups in total. The summed E-state index contributed by atoms with van der Waals surface area (Å²) in [7, 11) is -3.67. The van der Waals surface area contributed by atoms with Crippen molar-refractivity contribution < 1.29 is 31.5 Å². The highest BCUT2D eigenvalue weighted by atomic mass is 32.2. The number of nitrogens with one attached hydrogen (secondary N) is 1. The standard InChI is InChI=1S/C22H21F3N4O4S/c1-13-10-16-17(26-11-13)19(30)18(28-20(16)29-8-2-3-9-34(29,32)33)21(31)27-12-14-4-6-15(7-5-14)22(23,24)25/h4-7,10-11,30H,2-3,8-9,12H2,1H3,(H,27,31). The molecule has 180 valence electrons. The summed E-state index contributed by atoms with van der Waals surface area (Å²) in [6.07, 6.45) is -1.88. The summed E-state index contributed by atoms with van der Waals surface area (Å²) < 4.78 is 64.8. The molecule has 34 heavy (non-hydrogen) atoms. The maximum atomic E-state index is 12.9. The van der Waals surface area contributed by atoms with Crippen molar-refractivity contribution in [1.29, 1.82) is 0 Å². The fourth-order valence-corrected chi connectivity index (χ4v) is 5.31. The molecule has 4 rings (SSSR count). The lowest BCUT2D eigenvalue weighted by atomic mass is 10.1. The largest absolute Gasteiger partial charge is 0.504 e. The molecule has 8 nitrogen and oxygen atoms in total. The molecular weight excluding hydrogens is 473 g/mol. The number of pyridine rings is 2. The summed E-state index contributed by atoms with van der Waals surface area (Å²) in [5.41, 5.74) is -0.106. The number of rotatable bonds is 4. The molecule has 0 atom stereocenters. The summed E-state index contributed by atoms with van der Waals surface area (Å²) in [5, 5.41) is 13.5. The summed E-state index contributed by atoms with van der Waals surface area (Å²) in [4.78, 5) is 21.3. The maximum absolute atomic E-state index is 12.9. The molecule has 1 saturated heterocycles. The van der Waals surface area contributed by atoms with Gasteiger partial charge in [0, 0.05) is 24.7 Å². The van der Waals surface area contributed by atoms with E-state index >= 15 is 0 Å². The molecule has 1 aromatic carbocycles. The topological polar surface area (TPSA) is 112 Å². The van der Waals surface area contributed by atoms with Crippen molar-refractivity contribution in [3.8, 4) is 5.75 Å². The molecule has 0 saturated carbocycles. The van der Waals surface area contributed by atoms with Gasteiger partial charge >= 0.3 is 6.18 Å². The molecule has 2 aromatic heterocycles. The molecule has 0 unspecified atom stereocenters. The number of alkyl halides is 3. The van der Waals surface area contributed by atoms with Crippen molar-refractivity contribution in [2.24, 2.45) is 0 Å². The number of amides is 1. The van der Waals surface area contributed by atoms with Crippen molar-refractivity contribution >= 4 is 32.7 Å². The van der Waals surface area contributed by atoms with Gasteiger partial charge in [0.15, 0.2) is 17.3 Å². The van der Waals surface area contributed by atoms with Gasteiger partial charge in [-0.3, -0.25) is 14.1 Å². The van der Waals surface area contributed by atoms with Gasteiger partial charge < -0.3 is 10.4 Å². The number of hydrogen-bond donors (Lipinski definition) is 2. The number of carbonyl (C=O) groups is 1. The number of sulfonamides is 1. The van der Waals surface area contributed by atoms with E-state index in [9.17, 15) is 31.5 Å². The van der Waals surface area contributed by atoms with Crippen LogP contribution in [0.2, 0.25) is 0 Å². The number of nitrogens with zero attached hydrogens (tertiary/aromatic N) is 3. The number of aromatic hydroxyl groups is 1. The lowest BCUT2D eigenvalue weighted by molar-refractivity contribution is -0.137. The Hall–Kier alpha value is -3.41. The molecule has 1 fully saturated rings. The van der Waals surface area contributed by atoms with Crippen molar-refractivity contribution in [3.05, 3.63) is 58.9 Å². The molecule has 0 aliphatic carbocycles. The van der Waals surface area contributed by atoms with E-state index in [0.717, 1.165) is 16.4 Å². The average Bonchev–Trinajstić information content (AvgIpc) is 2.77. The summed E-state index contributed by atoms with van der Waals surface area (Å²) in [6.45, 7) is 1.80. The summed E-state index contributed by atoms with van der Waals surface area (Å²) in [5.74, 6) is -1.40. The quantitative estimate of drug-likeness (QED) is 0.574.